The minimum atomic E-state index is 0.203. The van der Waals surface area contributed by atoms with E-state index in [1.54, 1.807) is 0 Å². The number of aryl methyl sites for hydroxylation is 2. The molecular formula is C12H15NO. The van der Waals surface area contributed by atoms with Crippen molar-refractivity contribution in [3.05, 3.63) is 34.4 Å². The Morgan fingerprint density at radius 3 is 2.64 bits per heavy atom. The summed E-state index contributed by atoms with van der Waals surface area (Å²) in [7, 11) is 0. The van der Waals surface area contributed by atoms with Gasteiger partial charge >= 0.3 is 0 Å². The van der Waals surface area contributed by atoms with Gasteiger partial charge in [-0.25, -0.2) is 0 Å². The fraction of sp³-hybridized carbons (Fsp3) is 0.417. The average molecular weight is 189 g/mol. The molecule has 0 aromatic heterocycles. The molecule has 74 valence electrons. The average Bonchev–Trinajstić information content (AvgIpc) is 2.19. The van der Waals surface area contributed by atoms with Gasteiger partial charge in [-0.2, -0.15) is 5.26 Å². The highest BCUT2D eigenvalue weighted by atomic mass is 16.2. The molecule has 2 nitrogen and oxygen atoms in total. The van der Waals surface area contributed by atoms with E-state index in [4.69, 9.17) is 10.4 Å². The fourth-order valence-corrected chi connectivity index (χ4v) is 1.48. The standard InChI is InChI=1S/C12H15NO/c1-9-6-11(4-3-5-14)7-12(8-13)10(9)2/h6-7,14H,3-5H2,1-2H3. The summed E-state index contributed by atoms with van der Waals surface area (Å²) >= 11 is 0. The molecule has 1 aromatic rings. The van der Waals surface area contributed by atoms with Gasteiger partial charge in [-0.3, -0.25) is 0 Å². The van der Waals surface area contributed by atoms with Gasteiger partial charge < -0.3 is 5.11 Å². The van der Waals surface area contributed by atoms with E-state index in [9.17, 15) is 0 Å². The van der Waals surface area contributed by atoms with Crippen LogP contribution in [0.4, 0.5) is 0 Å². The molecule has 0 heterocycles. The van der Waals surface area contributed by atoms with Crippen molar-refractivity contribution in [2.24, 2.45) is 0 Å². The molecule has 0 aliphatic heterocycles. The molecule has 0 fully saturated rings. The van der Waals surface area contributed by atoms with Crippen LogP contribution in [0, 0.1) is 25.2 Å². The minimum Gasteiger partial charge on any atom is -0.396 e. The van der Waals surface area contributed by atoms with Crippen LogP contribution in [0.25, 0.3) is 0 Å². The molecule has 1 aromatic carbocycles. The van der Waals surface area contributed by atoms with Gasteiger partial charge in [0.05, 0.1) is 11.6 Å². The Hall–Kier alpha value is -1.33. The Labute approximate surface area is 84.8 Å². The van der Waals surface area contributed by atoms with E-state index < -0.39 is 0 Å². The number of benzene rings is 1. The Balaban J connectivity index is 2.99. The number of nitriles is 1. The van der Waals surface area contributed by atoms with Gasteiger partial charge in [0.15, 0.2) is 0 Å². The molecule has 0 aliphatic rings. The van der Waals surface area contributed by atoms with Crippen molar-refractivity contribution in [1.82, 2.24) is 0 Å². The lowest BCUT2D eigenvalue weighted by Gasteiger charge is -2.06. The lowest BCUT2D eigenvalue weighted by Crippen LogP contribution is -1.94. The van der Waals surface area contributed by atoms with Gasteiger partial charge in [-0.1, -0.05) is 6.07 Å². The molecule has 0 radical (unpaired) electrons. The van der Waals surface area contributed by atoms with Crippen molar-refractivity contribution < 1.29 is 5.11 Å². The van der Waals surface area contributed by atoms with Crippen LogP contribution in [-0.4, -0.2) is 11.7 Å². The SMILES string of the molecule is Cc1cc(CCCO)cc(C#N)c1C. The van der Waals surface area contributed by atoms with Crippen LogP contribution in [0.3, 0.4) is 0 Å². The summed E-state index contributed by atoms with van der Waals surface area (Å²) in [6, 6.07) is 6.19. The molecule has 0 aliphatic carbocycles. The first-order valence-corrected chi connectivity index (χ1v) is 4.80. The van der Waals surface area contributed by atoms with Gasteiger partial charge in [0.2, 0.25) is 0 Å². The predicted octanol–water partition coefficient (Wildman–Crippen LogP) is 2.10. The maximum absolute atomic E-state index is 8.89. The maximum Gasteiger partial charge on any atom is 0.0994 e. The number of hydrogen-bond acceptors (Lipinski definition) is 2. The molecule has 0 amide bonds. The van der Waals surface area contributed by atoms with Crippen LogP contribution in [0.2, 0.25) is 0 Å². The number of hydrogen-bond donors (Lipinski definition) is 1. The third kappa shape index (κ3) is 2.34. The van der Waals surface area contributed by atoms with E-state index in [1.807, 2.05) is 19.9 Å². The molecule has 1 N–H and O–H groups in total. The largest absolute Gasteiger partial charge is 0.396 e. The minimum absolute atomic E-state index is 0.203. The second-order valence-electron chi connectivity index (χ2n) is 3.52. The zero-order chi connectivity index (χ0) is 10.6. The van der Waals surface area contributed by atoms with Crippen LogP contribution in [0.1, 0.15) is 28.7 Å². The Morgan fingerprint density at radius 1 is 1.36 bits per heavy atom. The van der Waals surface area contributed by atoms with E-state index in [-0.39, 0.29) is 6.61 Å². The summed E-state index contributed by atoms with van der Waals surface area (Å²) in [5, 5.41) is 17.6. The van der Waals surface area contributed by atoms with Crippen LogP contribution in [0.5, 0.6) is 0 Å². The summed E-state index contributed by atoms with van der Waals surface area (Å²) in [5.74, 6) is 0. The Bertz CT molecular complexity index is 363. The highest BCUT2D eigenvalue weighted by molar-refractivity contribution is 5.44. The molecular weight excluding hydrogens is 174 g/mol. The Kier molecular flexibility index (Phi) is 3.67. The lowest BCUT2D eigenvalue weighted by atomic mass is 9.98. The first-order valence-electron chi connectivity index (χ1n) is 4.80. The van der Waals surface area contributed by atoms with Gasteiger partial charge in [0.25, 0.3) is 0 Å². The maximum atomic E-state index is 8.89. The number of aliphatic hydroxyl groups excluding tert-OH is 1. The summed E-state index contributed by atoms with van der Waals surface area (Å²) in [6.45, 7) is 4.18. The van der Waals surface area contributed by atoms with Crippen molar-refractivity contribution >= 4 is 0 Å². The van der Waals surface area contributed by atoms with E-state index in [2.05, 4.69) is 12.1 Å². The first kappa shape index (κ1) is 10.7. The topological polar surface area (TPSA) is 44.0 Å². The third-order valence-electron chi connectivity index (χ3n) is 2.47. The molecule has 2 heteroatoms. The smallest absolute Gasteiger partial charge is 0.0994 e. The van der Waals surface area contributed by atoms with Crippen molar-refractivity contribution in [3.63, 3.8) is 0 Å². The quantitative estimate of drug-likeness (QED) is 0.791. The molecule has 0 unspecified atom stereocenters. The zero-order valence-electron chi connectivity index (χ0n) is 8.67. The van der Waals surface area contributed by atoms with Crippen molar-refractivity contribution in [2.45, 2.75) is 26.7 Å². The highest BCUT2D eigenvalue weighted by Gasteiger charge is 2.03. The second kappa shape index (κ2) is 4.78. The van der Waals surface area contributed by atoms with Crippen molar-refractivity contribution in [2.75, 3.05) is 6.61 Å². The molecule has 0 bridgehead atoms. The second-order valence-corrected chi connectivity index (χ2v) is 3.52. The monoisotopic (exact) mass is 189 g/mol. The summed E-state index contributed by atoms with van der Waals surface area (Å²) < 4.78 is 0. The van der Waals surface area contributed by atoms with Gasteiger partial charge in [-0.05, 0) is 49.4 Å². The molecule has 14 heavy (non-hydrogen) atoms. The van der Waals surface area contributed by atoms with Crippen molar-refractivity contribution in [3.8, 4) is 6.07 Å². The van der Waals surface area contributed by atoms with Crippen molar-refractivity contribution in [1.29, 1.82) is 5.26 Å². The van der Waals surface area contributed by atoms with Crippen LogP contribution < -0.4 is 0 Å². The Morgan fingerprint density at radius 2 is 2.07 bits per heavy atom. The van der Waals surface area contributed by atoms with Crippen LogP contribution >= 0.6 is 0 Å². The van der Waals surface area contributed by atoms with Gasteiger partial charge in [0, 0.05) is 6.61 Å². The van der Waals surface area contributed by atoms with E-state index in [0.29, 0.717) is 0 Å². The molecule has 0 saturated heterocycles. The van der Waals surface area contributed by atoms with E-state index >= 15 is 0 Å². The number of aliphatic hydroxyl groups is 1. The first-order chi connectivity index (χ1) is 6.69. The number of rotatable bonds is 3. The lowest BCUT2D eigenvalue weighted by molar-refractivity contribution is 0.288. The molecule has 1 rings (SSSR count). The van der Waals surface area contributed by atoms with Gasteiger partial charge in [-0.15, -0.1) is 0 Å². The highest BCUT2D eigenvalue weighted by Crippen LogP contribution is 2.16. The summed E-state index contributed by atoms with van der Waals surface area (Å²) in [4.78, 5) is 0. The predicted molar refractivity (Wildman–Crippen MR) is 56.0 cm³/mol. The third-order valence-corrected chi connectivity index (χ3v) is 2.47. The summed E-state index contributed by atoms with van der Waals surface area (Å²) in [5.41, 5.74) is 4.09. The molecule has 0 spiro atoms. The van der Waals surface area contributed by atoms with E-state index in [1.165, 1.54) is 0 Å². The van der Waals surface area contributed by atoms with Crippen LogP contribution in [0.15, 0.2) is 12.1 Å². The van der Waals surface area contributed by atoms with E-state index in [0.717, 1.165) is 35.1 Å². The summed E-state index contributed by atoms with van der Waals surface area (Å²) in [6.07, 6.45) is 1.60. The zero-order valence-corrected chi connectivity index (χ0v) is 8.67. The van der Waals surface area contributed by atoms with Crippen LogP contribution in [-0.2, 0) is 6.42 Å². The molecule has 0 atom stereocenters. The normalized spacial score (nSPS) is 9.86. The number of nitrogens with zero attached hydrogens (tertiary/aromatic N) is 1. The van der Waals surface area contributed by atoms with Gasteiger partial charge in [0.1, 0.15) is 0 Å². The fourth-order valence-electron chi connectivity index (χ4n) is 1.48. The molecule has 0 saturated carbocycles.